The number of aryl methyl sites for hydroxylation is 2. The topological polar surface area (TPSA) is 110 Å². The van der Waals surface area contributed by atoms with E-state index in [0.717, 1.165) is 27.6 Å². The van der Waals surface area contributed by atoms with Crippen LogP contribution in [0.15, 0.2) is 60.8 Å². The summed E-state index contributed by atoms with van der Waals surface area (Å²) in [6.07, 6.45) is 4.34. The molecule has 0 radical (unpaired) electrons. The first-order valence-corrected chi connectivity index (χ1v) is 10.4. The highest BCUT2D eigenvalue weighted by Gasteiger charge is 2.16. The van der Waals surface area contributed by atoms with Crippen molar-refractivity contribution in [2.24, 2.45) is 0 Å². The fourth-order valence-corrected chi connectivity index (χ4v) is 3.55. The van der Waals surface area contributed by atoms with Gasteiger partial charge in [-0.2, -0.15) is 15.0 Å². The van der Waals surface area contributed by atoms with Crippen LogP contribution in [0.2, 0.25) is 0 Å². The number of carbonyl (C=O) groups is 2. The maximum atomic E-state index is 12.6. The van der Waals surface area contributed by atoms with Gasteiger partial charge in [0.15, 0.2) is 11.6 Å². The third-order valence-corrected chi connectivity index (χ3v) is 5.34. The lowest BCUT2D eigenvalue weighted by Gasteiger charge is -2.11. The van der Waals surface area contributed by atoms with Gasteiger partial charge in [-0.05, 0) is 54.8 Å². The SMILES string of the molecule is COC(=O)c1ccc(/C=C/C(=O)Nc2c(C#N)cnn2-c2cc(C)c3cccc(C)c3n2)cc1. The fourth-order valence-electron chi connectivity index (χ4n) is 3.55. The second-order valence-electron chi connectivity index (χ2n) is 7.64. The van der Waals surface area contributed by atoms with E-state index < -0.39 is 11.9 Å². The second kappa shape index (κ2) is 9.38. The standard InChI is InChI=1S/C26H21N5O3/c1-16-5-4-6-21-17(2)13-22(29-24(16)21)31-25(20(14-27)15-28-31)30-23(32)12-9-18-7-10-19(11-8-18)26(33)34-3/h4-13,15H,1-3H3,(H,30,32)/b12-9+. The summed E-state index contributed by atoms with van der Waals surface area (Å²) in [5.41, 5.74) is 4.21. The molecule has 8 heteroatoms. The van der Waals surface area contributed by atoms with Crippen molar-refractivity contribution in [3.05, 3.63) is 88.6 Å². The van der Waals surface area contributed by atoms with Gasteiger partial charge in [0.25, 0.3) is 0 Å². The number of benzene rings is 2. The summed E-state index contributed by atoms with van der Waals surface area (Å²) in [6.45, 7) is 3.96. The van der Waals surface area contributed by atoms with Crippen LogP contribution in [0.1, 0.15) is 32.6 Å². The number of methoxy groups -OCH3 is 1. The molecule has 4 rings (SSSR count). The summed E-state index contributed by atoms with van der Waals surface area (Å²) in [7, 11) is 1.32. The molecule has 0 bridgehead atoms. The predicted octanol–water partition coefficient (Wildman–Crippen LogP) is 4.35. The van der Waals surface area contributed by atoms with E-state index in [1.807, 2.05) is 38.1 Å². The molecule has 168 valence electrons. The minimum Gasteiger partial charge on any atom is -0.465 e. The van der Waals surface area contributed by atoms with Crippen molar-refractivity contribution in [2.45, 2.75) is 13.8 Å². The minimum absolute atomic E-state index is 0.216. The minimum atomic E-state index is -0.441. The number of anilines is 1. The van der Waals surface area contributed by atoms with Gasteiger partial charge in [0.05, 0.1) is 24.4 Å². The first kappa shape index (κ1) is 22.4. The molecule has 1 N–H and O–H groups in total. The van der Waals surface area contributed by atoms with E-state index in [1.54, 1.807) is 30.3 Å². The Bertz CT molecular complexity index is 1480. The maximum absolute atomic E-state index is 12.6. The molecule has 4 aromatic rings. The van der Waals surface area contributed by atoms with E-state index in [9.17, 15) is 14.9 Å². The Morgan fingerprint density at radius 3 is 2.59 bits per heavy atom. The van der Waals surface area contributed by atoms with Crippen LogP contribution in [-0.4, -0.2) is 33.8 Å². The Morgan fingerprint density at radius 2 is 1.88 bits per heavy atom. The molecule has 0 aliphatic carbocycles. The van der Waals surface area contributed by atoms with Gasteiger partial charge in [-0.1, -0.05) is 30.3 Å². The van der Waals surface area contributed by atoms with Gasteiger partial charge in [0.1, 0.15) is 11.6 Å². The molecule has 2 heterocycles. The number of nitriles is 1. The number of hydrogen-bond donors (Lipinski definition) is 1. The van der Waals surface area contributed by atoms with Crippen LogP contribution in [0.4, 0.5) is 5.82 Å². The summed E-state index contributed by atoms with van der Waals surface area (Å²) in [6, 6.07) is 16.5. The third kappa shape index (κ3) is 4.40. The van der Waals surface area contributed by atoms with Crippen LogP contribution >= 0.6 is 0 Å². The number of para-hydroxylation sites is 1. The Kier molecular flexibility index (Phi) is 6.19. The van der Waals surface area contributed by atoms with Crippen molar-refractivity contribution in [1.29, 1.82) is 5.26 Å². The van der Waals surface area contributed by atoms with Crippen molar-refractivity contribution in [3.63, 3.8) is 0 Å². The first-order valence-electron chi connectivity index (χ1n) is 10.4. The lowest BCUT2D eigenvalue weighted by molar-refractivity contribution is -0.111. The van der Waals surface area contributed by atoms with E-state index in [4.69, 9.17) is 4.98 Å². The van der Waals surface area contributed by atoms with E-state index in [-0.39, 0.29) is 11.4 Å². The molecule has 8 nitrogen and oxygen atoms in total. The number of carbonyl (C=O) groups excluding carboxylic acids is 2. The summed E-state index contributed by atoms with van der Waals surface area (Å²) >= 11 is 0. The van der Waals surface area contributed by atoms with Gasteiger partial charge in [-0.25, -0.2) is 9.78 Å². The van der Waals surface area contributed by atoms with E-state index in [2.05, 4.69) is 21.2 Å². The normalized spacial score (nSPS) is 10.9. The van der Waals surface area contributed by atoms with Crippen molar-refractivity contribution >= 4 is 34.7 Å². The molecule has 0 spiro atoms. The second-order valence-corrected chi connectivity index (χ2v) is 7.64. The average molecular weight is 451 g/mol. The van der Waals surface area contributed by atoms with Crippen LogP contribution in [0.25, 0.3) is 22.8 Å². The lowest BCUT2D eigenvalue weighted by atomic mass is 10.1. The predicted molar refractivity (Wildman–Crippen MR) is 128 cm³/mol. The van der Waals surface area contributed by atoms with E-state index in [0.29, 0.717) is 11.4 Å². The highest BCUT2D eigenvalue weighted by Crippen LogP contribution is 2.25. The van der Waals surface area contributed by atoms with Crippen LogP contribution in [0.3, 0.4) is 0 Å². The summed E-state index contributed by atoms with van der Waals surface area (Å²) in [4.78, 5) is 28.9. The molecule has 0 aliphatic rings. The van der Waals surface area contributed by atoms with Gasteiger partial charge >= 0.3 is 5.97 Å². The molecule has 0 atom stereocenters. The van der Waals surface area contributed by atoms with Crippen LogP contribution in [-0.2, 0) is 9.53 Å². The fraction of sp³-hybridized carbons (Fsp3) is 0.115. The molecule has 0 unspecified atom stereocenters. The zero-order valence-electron chi connectivity index (χ0n) is 18.9. The van der Waals surface area contributed by atoms with Crippen LogP contribution < -0.4 is 5.32 Å². The van der Waals surface area contributed by atoms with Gasteiger partial charge < -0.3 is 10.1 Å². The van der Waals surface area contributed by atoms with Crippen LogP contribution in [0.5, 0.6) is 0 Å². The molecule has 0 saturated heterocycles. The smallest absolute Gasteiger partial charge is 0.337 e. The van der Waals surface area contributed by atoms with Gasteiger partial charge in [-0.3, -0.25) is 4.79 Å². The number of esters is 1. The zero-order chi connectivity index (χ0) is 24.2. The number of ether oxygens (including phenoxy) is 1. The number of fused-ring (bicyclic) bond motifs is 1. The van der Waals surface area contributed by atoms with Crippen LogP contribution in [0, 0.1) is 25.2 Å². The Labute approximate surface area is 196 Å². The average Bonchev–Trinajstić information content (AvgIpc) is 3.25. The van der Waals surface area contributed by atoms with Crippen molar-refractivity contribution in [3.8, 4) is 11.9 Å². The number of nitrogens with one attached hydrogen (secondary N) is 1. The molecular weight excluding hydrogens is 430 g/mol. The third-order valence-electron chi connectivity index (χ3n) is 5.34. The molecule has 0 aliphatic heterocycles. The van der Waals surface area contributed by atoms with Crippen molar-refractivity contribution in [2.75, 3.05) is 12.4 Å². The van der Waals surface area contributed by atoms with E-state index >= 15 is 0 Å². The lowest BCUT2D eigenvalue weighted by Crippen LogP contribution is -2.14. The number of hydrogen-bond acceptors (Lipinski definition) is 6. The number of nitrogens with zero attached hydrogens (tertiary/aromatic N) is 4. The molecule has 1 amide bonds. The van der Waals surface area contributed by atoms with Crippen molar-refractivity contribution < 1.29 is 14.3 Å². The van der Waals surface area contributed by atoms with Gasteiger partial charge in [0, 0.05) is 11.5 Å². The summed E-state index contributed by atoms with van der Waals surface area (Å²) in [5, 5.41) is 17.6. The number of aromatic nitrogens is 3. The molecule has 2 aromatic heterocycles. The van der Waals surface area contributed by atoms with Gasteiger partial charge in [-0.15, -0.1) is 0 Å². The molecule has 0 saturated carbocycles. The molecule has 0 fully saturated rings. The Balaban J connectivity index is 1.62. The number of pyridine rings is 1. The molecule has 34 heavy (non-hydrogen) atoms. The zero-order valence-corrected chi connectivity index (χ0v) is 18.9. The Morgan fingerprint density at radius 1 is 1.12 bits per heavy atom. The monoisotopic (exact) mass is 451 g/mol. The highest BCUT2D eigenvalue weighted by atomic mass is 16.5. The number of rotatable bonds is 5. The Hall–Kier alpha value is -4.77. The number of amides is 1. The highest BCUT2D eigenvalue weighted by molar-refractivity contribution is 6.02. The summed E-state index contributed by atoms with van der Waals surface area (Å²) in [5.74, 6) is -0.140. The van der Waals surface area contributed by atoms with Gasteiger partial charge in [0.2, 0.25) is 5.91 Å². The molecular formula is C26H21N5O3. The van der Waals surface area contributed by atoms with E-state index in [1.165, 1.54) is 24.1 Å². The summed E-state index contributed by atoms with van der Waals surface area (Å²) < 4.78 is 6.13. The first-order chi connectivity index (χ1) is 16.4. The largest absolute Gasteiger partial charge is 0.465 e. The van der Waals surface area contributed by atoms with Crippen molar-refractivity contribution in [1.82, 2.24) is 14.8 Å². The molecule has 2 aromatic carbocycles. The quantitative estimate of drug-likeness (QED) is 0.357. The maximum Gasteiger partial charge on any atom is 0.337 e.